The molecular weight excluding hydrogens is 334 g/mol. The highest BCUT2D eigenvalue weighted by molar-refractivity contribution is 7.16. The molecule has 2 aromatic heterocycles. The van der Waals surface area contributed by atoms with Crippen LogP contribution in [-0.4, -0.2) is 22.6 Å². The van der Waals surface area contributed by atoms with Crippen molar-refractivity contribution < 1.29 is 9.53 Å². The van der Waals surface area contributed by atoms with Crippen LogP contribution in [0.25, 0.3) is 5.13 Å². The second-order valence-electron chi connectivity index (χ2n) is 5.95. The van der Waals surface area contributed by atoms with E-state index in [4.69, 9.17) is 4.74 Å². The van der Waals surface area contributed by atoms with Gasteiger partial charge in [-0.05, 0) is 24.1 Å². The lowest BCUT2D eigenvalue weighted by atomic mass is 10.1. The van der Waals surface area contributed by atoms with E-state index in [1.807, 2.05) is 67.2 Å². The summed E-state index contributed by atoms with van der Waals surface area (Å²) >= 11 is 1.41. The van der Waals surface area contributed by atoms with Gasteiger partial charge < -0.3 is 14.6 Å². The highest BCUT2D eigenvalue weighted by atomic mass is 32.1. The minimum Gasteiger partial charge on any atom is -0.496 e. The van der Waals surface area contributed by atoms with Gasteiger partial charge in [-0.1, -0.05) is 43.4 Å². The zero-order valence-electron chi connectivity index (χ0n) is 14.5. The van der Waals surface area contributed by atoms with Crippen LogP contribution in [0.15, 0.2) is 48.8 Å². The molecule has 0 aliphatic carbocycles. The number of carbonyl (C=O) groups is 1. The Morgan fingerprint density at radius 2 is 1.96 bits per heavy atom. The maximum absolute atomic E-state index is 12.7. The fraction of sp³-hybridized carbons (Fsp3) is 0.263. The van der Waals surface area contributed by atoms with Crippen molar-refractivity contribution >= 4 is 17.2 Å². The van der Waals surface area contributed by atoms with Crippen LogP contribution in [0, 0.1) is 0 Å². The number of benzene rings is 1. The van der Waals surface area contributed by atoms with E-state index in [2.05, 4.69) is 10.3 Å². The summed E-state index contributed by atoms with van der Waals surface area (Å²) in [5, 5.41) is 3.79. The average molecular weight is 355 g/mol. The zero-order valence-corrected chi connectivity index (χ0v) is 15.3. The zero-order chi connectivity index (χ0) is 17.8. The van der Waals surface area contributed by atoms with Crippen molar-refractivity contribution in [3.8, 4) is 10.9 Å². The number of thiazole rings is 1. The molecule has 3 aromatic rings. The van der Waals surface area contributed by atoms with Gasteiger partial charge >= 0.3 is 0 Å². The summed E-state index contributed by atoms with van der Waals surface area (Å²) < 4.78 is 7.26. The molecule has 2 heterocycles. The Morgan fingerprint density at radius 3 is 2.64 bits per heavy atom. The first-order valence-electron chi connectivity index (χ1n) is 8.14. The maximum Gasteiger partial charge on any atom is 0.263 e. The standard InChI is InChI=1S/C19H21N3O2S/c1-13(2)16-17(25-19(21-16)22-10-6-7-11-22)18(23)20-12-14-8-4-5-9-15(14)24-3/h4-11,13H,12H2,1-3H3,(H,20,23). The minimum absolute atomic E-state index is 0.106. The van der Waals surface area contributed by atoms with Gasteiger partial charge in [0.1, 0.15) is 10.6 Å². The lowest BCUT2D eigenvalue weighted by Gasteiger charge is -2.10. The summed E-state index contributed by atoms with van der Waals surface area (Å²) in [6.07, 6.45) is 3.86. The quantitative estimate of drug-likeness (QED) is 0.727. The average Bonchev–Trinajstić information content (AvgIpc) is 3.28. The molecule has 1 amide bonds. The Bertz CT molecular complexity index is 853. The van der Waals surface area contributed by atoms with Crippen LogP contribution in [-0.2, 0) is 6.54 Å². The lowest BCUT2D eigenvalue weighted by Crippen LogP contribution is -2.23. The van der Waals surface area contributed by atoms with E-state index in [1.54, 1.807) is 7.11 Å². The van der Waals surface area contributed by atoms with Crippen molar-refractivity contribution in [2.75, 3.05) is 7.11 Å². The number of carbonyl (C=O) groups excluding carboxylic acids is 1. The van der Waals surface area contributed by atoms with Crippen LogP contribution < -0.4 is 10.1 Å². The molecule has 0 atom stereocenters. The summed E-state index contributed by atoms with van der Waals surface area (Å²) in [4.78, 5) is 18.1. The molecular formula is C19H21N3O2S. The van der Waals surface area contributed by atoms with Gasteiger partial charge in [0.2, 0.25) is 0 Å². The van der Waals surface area contributed by atoms with Gasteiger partial charge in [0.25, 0.3) is 5.91 Å². The summed E-state index contributed by atoms with van der Waals surface area (Å²) in [5.74, 6) is 0.835. The maximum atomic E-state index is 12.7. The van der Waals surface area contributed by atoms with Crippen LogP contribution in [0.2, 0.25) is 0 Å². The number of nitrogens with one attached hydrogen (secondary N) is 1. The molecule has 0 radical (unpaired) electrons. The molecule has 1 N–H and O–H groups in total. The van der Waals surface area contributed by atoms with E-state index in [1.165, 1.54) is 11.3 Å². The van der Waals surface area contributed by atoms with E-state index in [0.29, 0.717) is 11.4 Å². The van der Waals surface area contributed by atoms with Crippen LogP contribution >= 0.6 is 11.3 Å². The molecule has 0 spiro atoms. The second kappa shape index (κ2) is 7.53. The van der Waals surface area contributed by atoms with E-state index in [-0.39, 0.29) is 11.8 Å². The number of rotatable bonds is 6. The highest BCUT2D eigenvalue weighted by Gasteiger charge is 2.21. The van der Waals surface area contributed by atoms with Gasteiger partial charge in [-0.15, -0.1) is 0 Å². The number of nitrogens with zero attached hydrogens (tertiary/aromatic N) is 2. The van der Waals surface area contributed by atoms with E-state index in [9.17, 15) is 4.79 Å². The molecule has 0 aliphatic heterocycles. The van der Waals surface area contributed by atoms with Crippen LogP contribution in [0.5, 0.6) is 5.75 Å². The molecule has 0 saturated carbocycles. The number of methoxy groups -OCH3 is 1. The summed E-state index contributed by atoms with van der Waals surface area (Å²) in [5.41, 5.74) is 1.77. The van der Waals surface area contributed by atoms with Crippen molar-refractivity contribution in [3.05, 3.63) is 64.9 Å². The number of amides is 1. The van der Waals surface area contributed by atoms with Crippen molar-refractivity contribution in [1.82, 2.24) is 14.9 Å². The van der Waals surface area contributed by atoms with Crippen LogP contribution in [0.3, 0.4) is 0 Å². The first-order valence-corrected chi connectivity index (χ1v) is 8.96. The van der Waals surface area contributed by atoms with Crippen LogP contribution in [0.1, 0.15) is 40.7 Å². The number of hydrogen-bond donors (Lipinski definition) is 1. The van der Waals surface area contributed by atoms with E-state index in [0.717, 1.165) is 22.1 Å². The summed E-state index contributed by atoms with van der Waals surface area (Å²) in [6, 6.07) is 11.6. The minimum atomic E-state index is -0.106. The Hall–Kier alpha value is -2.60. The van der Waals surface area contributed by atoms with Gasteiger partial charge in [-0.2, -0.15) is 0 Å². The molecule has 3 rings (SSSR count). The summed E-state index contributed by atoms with van der Waals surface area (Å²) in [6.45, 7) is 4.51. The van der Waals surface area contributed by atoms with Gasteiger partial charge in [-0.3, -0.25) is 4.79 Å². The third-order valence-corrected chi connectivity index (χ3v) is 4.94. The van der Waals surface area contributed by atoms with Crippen molar-refractivity contribution in [3.63, 3.8) is 0 Å². The molecule has 0 bridgehead atoms. The van der Waals surface area contributed by atoms with Crippen molar-refractivity contribution in [1.29, 1.82) is 0 Å². The highest BCUT2D eigenvalue weighted by Crippen LogP contribution is 2.28. The second-order valence-corrected chi connectivity index (χ2v) is 6.93. The SMILES string of the molecule is COc1ccccc1CNC(=O)c1sc(-n2cccc2)nc1C(C)C. The molecule has 25 heavy (non-hydrogen) atoms. The van der Waals surface area contributed by atoms with Gasteiger partial charge in [-0.25, -0.2) is 4.98 Å². The van der Waals surface area contributed by atoms with Crippen molar-refractivity contribution in [2.24, 2.45) is 0 Å². The van der Waals surface area contributed by atoms with Gasteiger partial charge in [0.05, 0.1) is 12.8 Å². The topological polar surface area (TPSA) is 56.1 Å². The Morgan fingerprint density at radius 1 is 1.24 bits per heavy atom. The lowest BCUT2D eigenvalue weighted by molar-refractivity contribution is 0.0953. The number of ether oxygens (including phenoxy) is 1. The Balaban J connectivity index is 1.81. The Kier molecular flexibility index (Phi) is 5.19. The molecule has 0 saturated heterocycles. The number of para-hydroxylation sites is 1. The predicted molar refractivity (Wildman–Crippen MR) is 99.7 cm³/mol. The smallest absolute Gasteiger partial charge is 0.263 e. The van der Waals surface area contributed by atoms with E-state index >= 15 is 0 Å². The largest absolute Gasteiger partial charge is 0.496 e. The first-order chi connectivity index (χ1) is 12.1. The monoisotopic (exact) mass is 355 g/mol. The van der Waals surface area contributed by atoms with Gasteiger partial charge in [0, 0.05) is 24.5 Å². The number of aromatic nitrogens is 2. The molecule has 6 heteroatoms. The van der Waals surface area contributed by atoms with Crippen LogP contribution in [0.4, 0.5) is 0 Å². The summed E-state index contributed by atoms with van der Waals surface area (Å²) in [7, 11) is 1.63. The first kappa shape index (κ1) is 17.2. The van der Waals surface area contributed by atoms with Crippen molar-refractivity contribution in [2.45, 2.75) is 26.3 Å². The number of hydrogen-bond acceptors (Lipinski definition) is 4. The van der Waals surface area contributed by atoms with Gasteiger partial charge in [0.15, 0.2) is 5.13 Å². The molecule has 130 valence electrons. The Labute approximate surface area is 151 Å². The molecule has 0 unspecified atom stereocenters. The molecule has 1 aromatic carbocycles. The predicted octanol–water partition coefficient (Wildman–Crippen LogP) is 4.00. The fourth-order valence-electron chi connectivity index (χ4n) is 2.55. The molecule has 0 fully saturated rings. The third-order valence-electron chi connectivity index (χ3n) is 3.85. The third kappa shape index (κ3) is 3.74. The molecule has 0 aliphatic rings. The molecule has 5 nitrogen and oxygen atoms in total. The van der Waals surface area contributed by atoms with E-state index < -0.39 is 0 Å². The normalized spacial score (nSPS) is 10.9. The fourth-order valence-corrected chi connectivity index (χ4v) is 3.66.